The normalized spacial score (nSPS) is 15.0. The monoisotopic (exact) mass is 456 g/mol. The molecule has 33 heavy (non-hydrogen) atoms. The van der Waals surface area contributed by atoms with Gasteiger partial charge in [0.1, 0.15) is 11.6 Å². The fraction of sp³-hybridized carbons (Fsp3) is 0.333. The van der Waals surface area contributed by atoms with Gasteiger partial charge in [-0.05, 0) is 30.5 Å². The molecule has 4 rings (SSSR count). The minimum Gasteiger partial charge on any atom is -0.501 e. The molecule has 2 amide bonds. The van der Waals surface area contributed by atoms with Crippen LogP contribution in [0.25, 0.3) is 0 Å². The number of aromatic nitrogens is 4. The van der Waals surface area contributed by atoms with Gasteiger partial charge in [0.15, 0.2) is 5.69 Å². The lowest BCUT2D eigenvalue weighted by Crippen LogP contribution is -2.39. The number of aromatic hydroxyl groups is 1. The van der Waals surface area contributed by atoms with Crippen LogP contribution in [0, 0.1) is 5.82 Å². The van der Waals surface area contributed by atoms with Crippen LogP contribution in [0.2, 0.25) is 0 Å². The third kappa shape index (κ3) is 4.59. The van der Waals surface area contributed by atoms with E-state index in [1.807, 2.05) is 0 Å². The first-order valence-electron chi connectivity index (χ1n) is 10.4. The summed E-state index contributed by atoms with van der Waals surface area (Å²) in [4.78, 5) is 42.1. The number of nitrogens with one attached hydrogen (secondary N) is 2. The summed E-state index contributed by atoms with van der Waals surface area (Å²) in [6.45, 7) is 2.12. The highest BCUT2D eigenvalue weighted by Gasteiger charge is 2.30. The minimum atomic E-state index is -0.785. The van der Waals surface area contributed by atoms with Crippen molar-refractivity contribution < 1.29 is 23.5 Å². The summed E-state index contributed by atoms with van der Waals surface area (Å²) in [7, 11) is 0. The smallest absolute Gasteiger partial charge is 0.309 e. The third-order valence-electron chi connectivity index (χ3n) is 5.21. The first-order valence-corrected chi connectivity index (χ1v) is 10.4. The largest absolute Gasteiger partial charge is 0.501 e. The van der Waals surface area contributed by atoms with Crippen LogP contribution < -0.4 is 16.2 Å². The predicted molar refractivity (Wildman–Crippen MR) is 111 cm³/mol. The van der Waals surface area contributed by atoms with Crippen LogP contribution in [-0.4, -0.2) is 36.7 Å². The van der Waals surface area contributed by atoms with Gasteiger partial charge in [-0.3, -0.25) is 19.0 Å². The van der Waals surface area contributed by atoms with Crippen molar-refractivity contribution in [2.45, 2.75) is 45.3 Å². The lowest BCUT2D eigenvalue weighted by atomic mass is 10.1. The molecule has 0 aliphatic carbocycles. The number of benzene rings is 1. The number of rotatable bonds is 6. The molecule has 0 bridgehead atoms. The fourth-order valence-corrected chi connectivity index (χ4v) is 3.50. The zero-order valence-corrected chi connectivity index (χ0v) is 17.7. The number of carbonyl (C=O) groups excluding carboxylic acids is 2. The molecular formula is C21H21FN6O5. The van der Waals surface area contributed by atoms with Crippen molar-refractivity contribution >= 4 is 11.8 Å². The van der Waals surface area contributed by atoms with E-state index in [0.29, 0.717) is 30.7 Å². The van der Waals surface area contributed by atoms with E-state index >= 15 is 0 Å². The Morgan fingerprint density at radius 2 is 2.00 bits per heavy atom. The SMILES string of the molecule is CCc1nnc(C(=O)NC2CCCn3c2nc(C(=O)NCc2ccc(F)cc2)c(O)c3=O)o1. The highest BCUT2D eigenvalue weighted by Crippen LogP contribution is 2.24. The number of aryl methyl sites for hydroxylation is 1. The van der Waals surface area contributed by atoms with Gasteiger partial charge in [0.2, 0.25) is 11.6 Å². The molecule has 3 N–H and O–H groups in total. The minimum absolute atomic E-state index is 0.0374. The Morgan fingerprint density at radius 1 is 1.24 bits per heavy atom. The van der Waals surface area contributed by atoms with Gasteiger partial charge >= 0.3 is 11.8 Å². The maximum absolute atomic E-state index is 13.1. The van der Waals surface area contributed by atoms with Crippen molar-refractivity contribution in [1.29, 1.82) is 0 Å². The van der Waals surface area contributed by atoms with Crippen LogP contribution in [-0.2, 0) is 19.5 Å². The molecule has 1 aromatic carbocycles. The van der Waals surface area contributed by atoms with Gasteiger partial charge < -0.3 is 20.2 Å². The first kappa shape index (κ1) is 22.1. The highest BCUT2D eigenvalue weighted by molar-refractivity contribution is 5.94. The summed E-state index contributed by atoms with van der Waals surface area (Å²) < 4.78 is 19.5. The van der Waals surface area contributed by atoms with E-state index in [-0.39, 0.29) is 24.8 Å². The second-order valence-electron chi connectivity index (χ2n) is 7.46. The van der Waals surface area contributed by atoms with Gasteiger partial charge in [0, 0.05) is 19.5 Å². The molecule has 12 heteroatoms. The van der Waals surface area contributed by atoms with Gasteiger partial charge in [-0.15, -0.1) is 10.2 Å². The molecule has 1 atom stereocenters. The second kappa shape index (κ2) is 9.18. The standard InChI is InChI=1S/C21H21FN6O5/c1-2-14-26-27-20(33-14)19(31)24-13-4-3-9-28-17(13)25-15(16(29)21(28)32)18(30)23-10-11-5-7-12(22)8-6-11/h5-8,13,29H,2-4,9-10H2,1H3,(H,23,30)(H,24,31). The topological polar surface area (TPSA) is 152 Å². The van der Waals surface area contributed by atoms with E-state index in [0.717, 1.165) is 0 Å². The molecule has 1 aliphatic heterocycles. The van der Waals surface area contributed by atoms with Gasteiger partial charge in [0.05, 0.1) is 6.04 Å². The molecule has 2 aromatic heterocycles. The van der Waals surface area contributed by atoms with Gasteiger partial charge in [-0.25, -0.2) is 9.37 Å². The van der Waals surface area contributed by atoms with E-state index in [1.54, 1.807) is 6.92 Å². The van der Waals surface area contributed by atoms with Crippen molar-refractivity contribution in [3.8, 4) is 5.75 Å². The lowest BCUT2D eigenvalue weighted by molar-refractivity contribution is 0.0890. The quantitative estimate of drug-likeness (QED) is 0.501. The summed E-state index contributed by atoms with van der Waals surface area (Å²) in [5.74, 6) is -2.38. The number of halogens is 1. The van der Waals surface area contributed by atoms with E-state index in [9.17, 15) is 23.9 Å². The molecule has 0 fully saturated rings. The third-order valence-corrected chi connectivity index (χ3v) is 5.21. The summed E-state index contributed by atoms with van der Waals surface area (Å²) in [6.07, 6.45) is 1.46. The van der Waals surface area contributed by atoms with E-state index in [2.05, 4.69) is 25.8 Å². The molecule has 0 radical (unpaired) electrons. The lowest BCUT2D eigenvalue weighted by Gasteiger charge is -2.26. The second-order valence-corrected chi connectivity index (χ2v) is 7.46. The summed E-state index contributed by atoms with van der Waals surface area (Å²) >= 11 is 0. The van der Waals surface area contributed by atoms with Crippen LogP contribution in [0.3, 0.4) is 0 Å². The molecule has 0 saturated heterocycles. The molecule has 3 heterocycles. The van der Waals surface area contributed by atoms with Crippen LogP contribution in [0.1, 0.15) is 64.3 Å². The zero-order chi connectivity index (χ0) is 23.5. The number of hydrogen-bond donors (Lipinski definition) is 3. The summed E-state index contributed by atoms with van der Waals surface area (Å²) in [6, 6.07) is 4.79. The Labute approximate surface area is 186 Å². The maximum atomic E-state index is 13.1. The van der Waals surface area contributed by atoms with E-state index < -0.39 is 40.7 Å². The molecule has 0 saturated carbocycles. The zero-order valence-electron chi connectivity index (χ0n) is 17.7. The van der Waals surface area contributed by atoms with Gasteiger partial charge in [-0.2, -0.15) is 0 Å². The highest BCUT2D eigenvalue weighted by atomic mass is 19.1. The van der Waals surface area contributed by atoms with Gasteiger partial charge in [-0.1, -0.05) is 19.1 Å². The molecule has 1 aliphatic rings. The van der Waals surface area contributed by atoms with Crippen LogP contribution >= 0.6 is 0 Å². The van der Waals surface area contributed by atoms with Crippen molar-refractivity contribution in [1.82, 2.24) is 30.4 Å². The van der Waals surface area contributed by atoms with Crippen LogP contribution in [0.15, 0.2) is 33.5 Å². The van der Waals surface area contributed by atoms with Crippen molar-refractivity contribution in [2.24, 2.45) is 0 Å². The average molecular weight is 456 g/mol. The number of fused-ring (bicyclic) bond motifs is 1. The van der Waals surface area contributed by atoms with Crippen LogP contribution in [0.4, 0.5) is 4.39 Å². The Bertz CT molecular complexity index is 1250. The van der Waals surface area contributed by atoms with Crippen molar-refractivity contribution in [3.05, 3.63) is 69.3 Å². The van der Waals surface area contributed by atoms with Crippen molar-refractivity contribution in [2.75, 3.05) is 0 Å². The molecule has 11 nitrogen and oxygen atoms in total. The van der Waals surface area contributed by atoms with E-state index in [4.69, 9.17) is 4.42 Å². The number of amides is 2. The Kier molecular flexibility index (Phi) is 6.16. The van der Waals surface area contributed by atoms with Crippen molar-refractivity contribution in [3.63, 3.8) is 0 Å². The first-order chi connectivity index (χ1) is 15.9. The molecular weight excluding hydrogens is 435 g/mol. The number of nitrogens with zero attached hydrogens (tertiary/aromatic N) is 4. The predicted octanol–water partition coefficient (Wildman–Crippen LogP) is 1.23. The summed E-state index contributed by atoms with van der Waals surface area (Å²) in [5, 5.41) is 23.0. The Balaban J connectivity index is 1.57. The molecule has 1 unspecified atom stereocenters. The van der Waals surface area contributed by atoms with Crippen LogP contribution in [0.5, 0.6) is 5.75 Å². The molecule has 0 spiro atoms. The Morgan fingerprint density at radius 3 is 2.70 bits per heavy atom. The van der Waals surface area contributed by atoms with Gasteiger partial charge in [0.25, 0.3) is 11.5 Å². The Hall–Kier alpha value is -4.09. The summed E-state index contributed by atoms with van der Waals surface area (Å²) in [5.41, 5.74) is -0.618. The molecule has 172 valence electrons. The maximum Gasteiger partial charge on any atom is 0.309 e. The molecule has 3 aromatic rings. The van der Waals surface area contributed by atoms with E-state index in [1.165, 1.54) is 28.8 Å². The average Bonchev–Trinajstić information content (AvgIpc) is 3.31. The fourth-order valence-electron chi connectivity index (χ4n) is 3.50. The number of carbonyl (C=O) groups is 2. The number of hydrogen-bond acceptors (Lipinski definition) is 8.